The molecule has 0 saturated carbocycles. The highest BCUT2D eigenvalue weighted by Crippen LogP contribution is 2.22. The number of amides is 1. The molecule has 1 saturated heterocycles. The minimum absolute atomic E-state index is 0.00838. The van der Waals surface area contributed by atoms with E-state index in [0.717, 1.165) is 5.56 Å². The summed E-state index contributed by atoms with van der Waals surface area (Å²) in [6.07, 6.45) is 0. The Labute approximate surface area is 119 Å². The molecule has 0 radical (unpaired) electrons. The first-order chi connectivity index (χ1) is 9.54. The fourth-order valence-corrected chi connectivity index (χ4v) is 2.26. The van der Waals surface area contributed by atoms with Crippen LogP contribution in [0.3, 0.4) is 0 Å². The molecule has 1 fully saturated rings. The average Bonchev–Trinajstić information content (AvgIpc) is 2.44. The molecule has 0 atom stereocenters. The molecule has 0 unspecified atom stereocenters. The van der Waals surface area contributed by atoms with Gasteiger partial charge < -0.3 is 14.7 Å². The number of ether oxygens (including phenoxy) is 1. The van der Waals surface area contributed by atoms with Crippen LogP contribution in [-0.2, 0) is 4.74 Å². The predicted octanol–water partition coefficient (Wildman–Crippen LogP) is 1.28. The van der Waals surface area contributed by atoms with Crippen LogP contribution in [0.2, 0.25) is 0 Å². The van der Waals surface area contributed by atoms with E-state index >= 15 is 0 Å². The molecular formula is C16H19NO3. The lowest BCUT2D eigenvalue weighted by Crippen LogP contribution is -2.55. The summed E-state index contributed by atoms with van der Waals surface area (Å²) >= 11 is 0. The summed E-state index contributed by atoms with van der Waals surface area (Å²) < 4.78 is 5.43. The van der Waals surface area contributed by atoms with Gasteiger partial charge in [-0.3, -0.25) is 4.79 Å². The molecule has 20 heavy (non-hydrogen) atoms. The van der Waals surface area contributed by atoms with E-state index in [1.54, 1.807) is 12.1 Å². The van der Waals surface area contributed by atoms with Gasteiger partial charge in [0.15, 0.2) is 0 Å². The molecule has 0 aliphatic carbocycles. The molecule has 1 aliphatic heterocycles. The van der Waals surface area contributed by atoms with E-state index in [9.17, 15) is 4.79 Å². The lowest BCUT2D eigenvalue weighted by Gasteiger charge is -2.42. The summed E-state index contributed by atoms with van der Waals surface area (Å²) in [5.41, 5.74) is 1.04. The number of benzene rings is 1. The SMILES string of the molecule is CC1(C)COCCN1C(=O)c1cccc(C#CCO)c1. The monoisotopic (exact) mass is 273 g/mol. The fourth-order valence-electron chi connectivity index (χ4n) is 2.26. The first kappa shape index (κ1) is 14.6. The minimum Gasteiger partial charge on any atom is -0.384 e. The summed E-state index contributed by atoms with van der Waals surface area (Å²) in [5, 5.41) is 8.72. The third-order valence-electron chi connectivity index (χ3n) is 3.31. The Morgan fingerprint density at radius 3 is 3.00 bits per heavy atom. The Morgan fingerprint density at radius 2 is 2.30 bits per heavy atom. The van der Waals surface area contributed by atoms with Crippen LogP contribution in [0.4, 0.5) is 0 Å². The van der Waals surface area contributed by atoms with E-state index in [0.29, 0.717) is 25.3 Å². The maximum Gasteiger partial charge on any atom is 0.254 e. The normalized spacial score (nSPS) is 17.2. The van der Waals surface area contributed by atoms with E-state index in [1.165, 1.54) is 0 Å². The molecule has 1 aromatic carbocycles. The lowest BCUT2D eigenvalue weighted by molar-refractivity contribution is -0.0370. The zero-order chi connectivity index (χ0) is 14.6. The van der Waals surface area contributed by atoms with Crippen LogP contribution >= 0.6 is 0 Å². The second-order valence-electron chi connectivity index (χ2n) is 5.36. The van der Waals surface area contributed by atoms with E-state index < -0.39 is 0 Å². The maximum atomic E-state index is 12.6. The van der Waals surface area contributed by atoms with Gasteiger partial charge in [-0.1, -0.05) is 17.9 Å². The van der Waals surface area contributed by atoms with Crippen LogP contribution in [0.25, 0.3) is 0 Å². The molecular weight excluding hydrogens is 254 g/mol. The number of nitrogens with zero attached hydrogens (tertiary/aromatic N) is 1. The van der Waals surface area contributed by atoms with Crippen molar-refractivity contribution in [2.45, 2.75) is 19.4 Å². The summed E-state index contributed by atoms with van der Waals surface area (Å²) in [5.74, 6) is 5.40. The van der Waals surface area contributed by atoms with Crippen molar-refractivity contribution < 1.29 is 14.6 Å². The zero-order valence-corrected chi connectivity index (χ0v) is 11.8. The van der Waals surface area contributed by atoms with Gasteiger partial charge in [-0.2, -0.15) is 0 Å². The summed E-state index contributed by atoms with van der Waals surface area (Å²) in [6, 6.07) is 7.18. The largest absolute Gasteiger partial charge is 0.384 e. The Balaban J connectivity index is 2.24. The second kappa shape index (κ2) is 6.08. The highest BCUT2D eigenvalue weighted by Gasteiger charge is 2.34. The van der Waals surface area contributed by atoms with Gasteiger partial charge in [0.2, 0.25) is 0 Å². The molecule has 1 aliphatic rings. The number of aliphatic hydroxyl groups is 1. The smallest absolute Gasteiger partial charge is 0.254 e. The van der Waals surface area contributed by atoms with Gasteiger partial charge in [-0.05, 0) is 32.0 Å². The van der Waals surface area contributed by atoms with Gasteiger partial charge in [0, 0.05) is 17.7 Å². The molecule has 1 amide bonds. The third-order valence-corrected chi connectivity index (χ3v) is 3.31. The van der Waals surface area contributed by atoms with Crippen LogP contribution in [-0.4, -0.2) is 47.8 Å². The number of rotatable bonds is 1. The van der Waals surface area contributed by atoms with E-state index in [2.05, 4.69) is 11.8 Å². The Morgan fingerprint density at radius 1 is 1.50 bits per heavy atom. The molecule has 4 nitrogen and oxygen atoms in total. The molecule has 106 valence electrons. The maximum absolute atomic E-state index is 12.6. The third kappa shape index (κ3) is 3.19. The fraction of sp³-hybridized carbons (Fsp3) is 0.438. The molecule has 0 bridgehead atoms. The van der Waals surface area contributed by atoms with Crippen LogP contribution < -0.4 is 0 Å². The summed E-state index contributed by atoms with van der Waals surface area (Å²) in [6.45, 7) is 5.52. The van der Waals surface area contributed by atoms with Crippen molar-refractivity contribution in [2.75, 3.05) is 26.4 Å². The quantitative estimate of drug-likeness (QED) is 0.784. The van der Waals surface area contributed by atoms with E-state index in [4.69, 9.17) is 9.84 Å². The molecule has 1 N–H and O–H groups in total. The van der Waals surface area contributed by atoms with E-state index in [1.807, 2.05) is 30.9 Å². The van der Waals surface area contributed by atoms with Crippen molar-refractivity contribution >= 4 is 5.91 Å². The highest BCUT2D eigenvalue weighted by atomic mass is 16.5. The molecule has 1 aromatic rings. The first-order valence-corrected chi connectivity index (χ1v) is 6.64. The number of aliphatic hydroxyl groups excluding tert-OH is 1. The minimum atomic E-state index is -0.303. The van der Waals surface area contributed by atoms with Crippen molar-refractivity contribution in [3.63, 3.8) is 0 Å². The summed E-state index contributed by atoms with van der Waals surface area (Å²) in [7, 11) is 0. The first-order valence-electron chi connectivity index (χ1n) is 6.64. The number of carbonyl (C=O) groups excluding carboxylic acids is 1. The highest BCUT2D eigenvalue weighted by molar-refractivity contribution is 5.95. The van der Waals surface area contributed by atoms with Crippen molar-refractivity contribution in [2.24, 2.45) is 0 Å². The number of carbonyl (C=O) groups is 1. The van der Waals surface area contributed by atoms with Crippen LogP contribution in [0.1, 0.15) is 29.8 Å². The second-order valence-corrected chi connectivity index (χ2v) is 5.36. The van der Waals surface area contributed by atoms with Crippen molar-refractivity contribution in [3.8, 4) is 11.8 Å². The van der Waals surface area contributed by atoms with Gasteiger partial charge in [-0.25, -0.2) is 0 Å². The number of hydrogen-bond donors (Lipinski definition) is 1. The van der Waals surface area contributed by atoms with Crippen LogP contribution in [0, 0.1) is 11.8 Å². The topological polar surface area (TPSA) is 49.8 Å². The van der Waals surface area contributed by atoms with Gasteiger partial charge >= 0.3 is 0 Å². The Hall–Kier alpha value is -1.83. The van der Waals surface area contributed by atoms with E-state index in [-0.39, 0.29) is 18.1 Å². The van der Waals surface area contributed by atoms with Crippen molar-refractivity contribution in [1.82, 2.24) is 4.90 Å². The van der Waals surface area contributed by atoms with Crippen LogP contribution in [0.5, 0.6) is 0 Å². The number of hydrogen-bond acceptors (Lipinski definition) is 3. The van der Waals surface area contributed by atoms with Gasteiger partial charge in [0.25, 0.3) is 5.91 Å². The molecule has 1 heterocycles. The zero-order valence-electron chi connectivity index (χ0n) is 11.8. The Bertz CT molecular complexity index is 554. The van der Waals surface area contributed by atoms with Gasteiger partial charge in [0.05, 0.1) is 18.8 Å². The summed E-state index contributed by atoms with van der Waals surface area (Å²) in [4.78, 5) is 14.5. The predicted molar refractivity (Wildman–Crippen MR) is 76.3 cm³/mol. The van der Waals surface area contributed by atoms with Gasteiger partial charge in [-0.15, -0.1) is 0 Å². The van der Waals surface area contributed by atoms with Gasteiger partial charge in [0.1, 0.15) is 6.61 Å². The lowest BCUT2D eigenvalue weighted by atomic mass is 10.0. The number of morpholine rings is 1. The van der Waals surface area contributed by atoms with Crippen molar-refractivity contribution in [3.05, 3.63) is 35.4 Å². The van der Waals surface area contributed by atoms with Crippen molar-refractivity contribution in [1.29, 1.82) is 0 Å². The van der Waals surface area contributed by atoms with Crippen LogP contribution in [0.15, 0.2) is 24.3 Å². The molecule has 2 rings (SSSR count). The Kier molecular flexibility index (Phi) is 4.43. The molecule has 4 heteroatoms. The molecule has 0 spiro atoms. The molecule has 0 aromatic heterocycles. The standard InChI is InChI=1S/C16H19NO3/c1-16(2)12-20-10-8-17(16)15(19)14-7-3-5-13(11-14)6-4-9-18/h3,5,7,11,18H,8-10,12H2,1-2H3. The average molecular weight is 273 g/mol.